The number of amides is 1. The largest absolute Gasteiger partial charge is 0.342 e. The van der Waals surface area contributed by atoms with Crippen LogP contribution < -0.4 is 5.56 Å². The highest BCUT2D eigenvalue weighted by atomic mass is 16.2. The summed E-state index contributed by atoms with van der Waals surface area (Å²) in [6.45, 7) is 5.06. The first-order valence-electron chi connectivity index (χ1n) is 10.3. The van der Waals surface area contributed by atoms with Gasteiger partial charge in [-0.2, -0.15) is 9.50 Å². The number of benzene rings is 1. The SMILES string of the molecule is Cc1nc2nc(C)c(CC(=O)N3CCC(CCc4ccccc4)CC3)c(=O)n2[nH]1. The molecule has 0 saturated carbocycles. The molecule has 1 fully saturated rings. The first kappa shape index (κ1) is 19.4. The van der Waals surface area contributed by atoms with Crippen molar-refractivity contribution in [3.63, 3.8) is 0 Å². The van der Waals surface area contributed by atoms with E-state index in [4.69, 9.17) is 0 Å². The minimum absolute atomic E-state index is 0.00435. The molecular formula is C22H27N5O2. The van der Waals surface area contributed by atoms with Crippen LogP contribution in [0.3, 0.4) is 0 Å². The molecule has 3 aromatic rings. The maximum atomic E-state index is 12.8. The zero-order chi connectivity index (χ0) is 20.4. The number of carbonyl (C=O) groups excluding carboxylic acids is 1. The minimum Gasteiger partial charge on any atom is -0.342 e. The Kier molecular flexibility index (Phi) is 5.47. The number of likely N-dealkylation sites (tertiary alicyclic amines) is 1. The van der Waals surface area contributed by atoms with Crippen molar-refractivity contribution in [1.29, 1.82) is 0 Å². The molecule has 0 spiro atoms. The minimum atomic E-state index is -0.237. The topological polar surface area (TPSA) is 83.4 Å². The quantitative estimate of drug-likeness (QED) is 0.722. The highest BCUT2D eigenvalue weighted by molar-refractivity contribution is 5.79. The van der Waals surface area contributed by atoms with Crippen molar-refractivity contribution in [2.45, 2.75) is 46.0 Å². The van der Waals surface area contributed by atoms with Crippen LogP contribution in [0.25, 0.3) is 5.78 Å². The Balaban J connectivity index is 1.35. The van der Waals surface area contributed by atoms with E-state index < -0.39 is 0 Å². The number of nitrogens with one attached hydrogen (secondary N) is 1. The lowest BCUT2D eigenvalue weighted by Gasteiger charge is -2.32. The van der Waals surface area contributed by atoms with Crippen LogP contribution >= 0.6 is 0 Å². The Morgan fingerprint density at radius 1 is 1.14 bits per heavy atom. The molecular weight excluding hydrogens is 366 g/mol. The van der Waals surface area contributed by atoms with Gasteiger partial charge in [-0.1, -0.05) is 30.3 Å². The van der Waals surface area contributed by atoms with Gasteiger partial charge >= 0.3 is 0 Å². The van der Waals surface area contributed by atoms with E-state index in [2.05, 4.69) is 39.3 Å². The van der Waals surface area contributed by atoms with Crippen LogP contribution in [0, 0.1) is 19.8 Å². The van der Waals surface area contributed by atoms with Crippen molar-refractivity contribution in [1.82, 2.24) is 24.5 Å². The molecule has 3 heterocycles. The highest BCUT2D eigenvalue weighted by Crippen LogP contribution is 2.23. The molecule has 0 unspecified atom stereocenters. The predicted octanol–water partition coefficient (Wildman–Crippen LogP) is 2.45. The summed E-state index contributed by atoms with van der Waals surface area (Å²) in [6, 6.07) is 10.6. The summed E-state index contributed by atoms with van der Waals surface area (Å²) >= 11 is 0. The van der Waals surface area contributed by atoms with Crippen LogP contribution in [0.2, 0.25) is 0 Å². The highest BCUT2D eigenvalue weighted by Gasteiger charge is 2.24. The van der Waals surface area contributed by atoms with Crippen LogP contribution in [0.1, 0.15) is 41.9 Å². The van der Waals surface area contributed by atoms with Crippen LogP contribution in [0.4, 0.5) is 0 Å². The molecule has 0 aliphatic carbocycles. The third kappa shape index (κ3) is 4.23. The molecule has 1 N–H and O–H groups in total. The predicted molar refractivity (Wildman–Crippen MR) is 111 cm³/mol. The number of aromatic nitrogens is 4. The second kappa shape index (κ2) is 8.19. The average molecular weight is 393 g/mol. The van der Waals surface area contributed by atoms with Crippen LogP contribution in [-0.4, -0.2) is 43.5 Å². The van der Waals surface area contributed by atoms with E-state index in [1.54, 1.807) is 13.8 Å². The molecule has 1 saturated heterocycles. The van der Waals surface area contributed by atoms with Gasteiger partial charge in [0.05, 0.1) is 17.7 Å². The lowest BCUT2D eigenvalue weighted by atomic mass is 9.90. The van der Waals surface area contributed by atoms with E-state index in [0.29, 0.717) is 28.8 Å². The number of aryl methyl sites for hydroxylation is 3. The molecule has 7 nitrogen and oxygen atoms in total. The number of aromatic amines is 1. The average Bonchev–Trinajstić information content (AvgIpc) is 3.11. The summed E-state index contributed by atoms with van der Waals surface area (Å²) in [5, 5.41) is 2.89. The van der Waals surface area contributed by atoms with Gasteiger partial charge in [-0.3, -0.25) is 14.7 Å². The van der Waals surface area contributed by atoms with Crippen molar-refractivity contribution >= 4 is 11.7 Å². The summed E-state index contributed by atoms with van der Waals surface area (Å²) < 4.78 is 1.32. The van der Waals surface area contributed by atoms with Gasteiger partial charge in [-0.25, -0.2) is 4.98 Å². The summed E-state index contributed by atoms with van der Waals surface area (Å²) in [6.07, 6.45) is 4.38. The molecule has 152 valence electrons. The number of carbonyl (C=O) groups is 1. The summed E-state index contributed by atoms with van der Waals surface area (Å²) in [5.74, 6) is 1.62. The van der Waals surface area contributed by atoms with Gasteiger partial charge in [0.2, 0.25) is 5.91 Å². The van der Waals surface area contributed by atoms with Gasteiger partial charge in [0, 0.05) is 13.1 Å². The Labute approximate surface area is 169 Å². The van der Waals surface area contributed by atoms with Gasteiger partial charge < -0.3 is 4.90 Å². The van der Waals surface area contributed by atoms with Crippen LogP contribution in [0.15, 0.2) is 35.1 Å². The fourth-order valence-corrected chi connectivity index (χ4v) is 4.11. The summed E-state index contributed by atoms with van der Waals surface area (Å²) in [7, 11) is 0. The van der Waals surface area contributed by atoms with E-state index in [1.165, 1.54) is 10.1 Å². The molecule has 1 amide bonds. The number of hydrogen-bond donors (Lipinski definition) is 1. The standard InChI is InChI=1S/C22H27N5O2/c1-15-19(21(29)27-22(23-15)24-16(2)25-27)14-20(28)26-12-10-18(11-13-26)9-8-17-6-4-3-5-7-17/h3-7,18H,8-14H2,1-2H3,(H,23,24,25). The van der Waals surface area contributed by atoms with Gasteiger partial charge in [-0.15, -0.1) is 0 Å². The number of piperidine rings is 1. The first-order valence-corrected chi connectivity index (χ1v) is 10.3. The molecule has 1 aliphatic heterocycles. The number of rotatable bonds is 5. The monoisotopic (exact) mass is 393 g/mol. The summed E-state index contributed by atoms with van der Waals surface area (Å²) in [5.41, 5.74) is 2.16. The number of hydrogen-bond acceptors (Lipinski definition) is 4. The molecule has 0 atom stereocenters. The smallest absolute Gasteiger partial charge is 0.277 e. The number of fused-ring (bicyclic) bond motifs is 1. The Bertz CT molecular complexity index is 1060. The lowest BCUT2D eigenvalue weighted by Crippen LogP contribution is -2.40. The molecule has 0 bridgehead atoms. The van der Waals surface area contributed by atoms with Crippen molar-refractivity contribution in [2.75, 3.05) is 13.1 Å². The molecule has 0 radical (unpaired) electrons. The second-order valence-corrected chi connectivity index (χ2v) is 7.95. The molecule has 1 aliphatic rings. The number of H-pyrrole nitrogens is 1. The van der Waals surface area contributed by atoms with Gasteiger partial charge in [0.15, 0.2) is 0 Å². The van der Waals surface area contributed by atoms with Crippen LogP contribution in [0.5, 0.6) is 0 Å². The number of nitrogens with zero attached hydrogens (tertiary/aromatic N) is 4. The van der Waals surface area contributed by atoms with E-state index in [9.17, 15) is 9.59 Å². The summed E-state index contributed by atoms with van der Waals surface area (Å²) in [4.78, 5) is 36.0. The zero-order valence-corrected chi connectivity index (χ0v) is 17.0. The Morgan fingerprint density at radius 3 is 2.59 bits per heavy atom. The molecule has 2 aromatic heterocycles. The van der Waals surface area contributed by atoms with Crippen molar-refractivity contribution in [3.05, 3.63) is 63.3 Å². The Morgan fingerprint density at radius 2 is 1.86 bits per heavy atom. The molecule has 7 heteroatoms. The lowest BCUT2D eigenvalue weighted by molar-refractivity contribution is -0.131. The van der Waals surface area contributed by atoms with E-state index in [1.807, 2.05) is 11.0 Å². The third-order valence-corrected chi connectivity index (χ3v) is 5.89. The normalized spacial score (nSPS) is 15.2. The molecule has 1 aromatic carbocycles. The third-order valence-electron chi connectivity index (χ3n) is 5.89. The second-order valence-electron chi connectivity index (χ2n) is 7.95. The van der Waals surface area contributed by atoms with E-state index >= 15 is 0 Å². The van der Waals surface area contributed by atoms with Crippen molar-refractivity contribution in [2.24, 2.45) is 5.92 Å². The van der Waals surface area contributed by atoms with E-state index in [-0.39, 0.29) is 17.9 Å². The van der Waals surface area contributed by atoms with Gasteiger partial charge in [0.1, 0.15) is 5.82 Å². The van der Waals surface area contributed by atoms with Gasteiger partial charge in [0.25, 0.3) is 11.3 Å². The zero-order valence-electron chi connectivity index (χ0n) is 17.0. The maximum absolute atomic E-state index is 12.8. The fraction of sp³-hybridized carbons (Fsp3) is 0.455. The van der Waals surface area contributed by atoms with E-state index in [0.717, 1.165) is 38.8 Å². The van der Waals surface area contributed by atoms with Crippen molar-refractivity contribution in [3.8, 4) is 0 Å². The fourth-order valence-electron chi connectivity index (χ4n) is 4.11. The first-order chi connectivity index (χ1) is 14.0. The van der Waals surface area contributed by atoms with Crippen LogP contribution in [-0.2, 0) is 17.6 Å². The van der Waals surface area contributed by atoms with Gasteiger partial charge in [-0.05, 0) is 51.0 Å². The Hall–Kier alpha value is -2.96. The maximum Gasteiger partial charge on any atom is 0.277 e. The molecule has 4 rings (SSSR count). The molecule has 29 heavy (non-hydrogen) atoms. The van der Waals surface area contributed by atoms with Crippen molar-refractivity contribution < 1.29 is 4.79 Å².